The highest BCUT2D eigenvalue weighted by molar-refractivity contribution is 6.08. The molecule has 8 rings (SSSR count). The van der Waals surface area contributed by atoms with E-state index in [2.05, 4.69) is 59.2 Å². The Morgan fingerprint density at radius 3 is 1.99 bits per heavy atom. The van der Waals surface area contributed by atoms with Crippen LogP contribution in [0.5, 0.6) is 23.1 Å². The standard InChI is InChI=1S/C53H48N12O4/c1-9-11-50(66)64(7)39-16-19-44-42(27-39)52(58-32-57-44)59-38-15-22-47(69-49-31-55-35(4)29-56-49)36(25-38)26-48-61-45-20-17-40(65(8)51(67)12-10-23-63(5)6)28-43(45)53(62-48)60-37-14-21-46(33(2)24-37)68-41-18-13-34(3)54-30-41/h13-22,24-25,27-32H,23,26H2,1-8H3,(H,57,58,59)(H,60,61,62). The summed E-state index contributed by atoms with van der Waals surface area (Å²) in [6, 6.07) is 26.3. The van der Waals surface area contributed by atoms with Crippen LogP contribution >= 0.6 is 0 Å². The maximum absolute atomic E-state index is 13.2. The molecule has 4 aromatic heterocycles. The molecule has 2 N–H and O–H groups in total. The highest BCUT2D eigenvalue weighted by Crippen LogP contribution is 2.35. The number of anilines is 6. The summed E-state index contributed by atoms with van der Waals surface area (Å²) >= 11 is 0. The number of pyridine rings is 1. The number of rotatable bonds is 13. The van der Waals surface area contributed by atoms with Crippen molar-refractivity contribution in [1.82, 2.24) is 39.8 Å². The second-order valence-electron chi connectivity index (χ2n) is 16.3. The molecule has 0 unspecified atom stereocenters. The number of benzene rings is 4. The number of nitrogens with one attached hydrogen (secondary N) is 2. The quantitative estimate of drug-likeness (QED) is 0.105. The summed E-state index contributed by atoms with van der Waals surface area (Å²) < 4.78 is 12.5. The molecule has 4 aromatic carbocycles. The van der Waals surface area contributed by atoms with Crippen molar-refractivity contribution in [3.05, 3.63) is 138 Å². The Bertz CT molecular complexity index is 3360. The molecule has 16 nitrogen and oxygen atoms in total. The van der Waals surface area contributed by atoms with Gasteiger partial charge in [-0.2, -0.15) is 0 Å². The Kier molecular flexibility index (Phi) is 13.9. The Labute approximate surface area is 399 Å². The number of hydrogen-bond donors (Lipinski definition) is 2. The first-order valence-electron chi connectivity index (χ1n) is 21.8. The lowest BCUT2D eigenvalue weighted by Gasteiger charge is -2.18. The predicted molar refractivity (Wildman–Crippen MR) is 269 cm³/mol. The summed E-state index contributed by atoms with van der Waals surface area (Å²) in [5, 5.41) is 8.36. The van der Waals surface area contributed by atoms with Crippen LogP contribution in [0, 0.1) is 44.5 Å². The van der Waals surface area contributed by atoms with Gasteiger partial charge in [0.15, 0.2) is 0 Å². The normalized spacial score (nSPS) is 10.7. The highest BCUT2D eigenvalue weighted by atomic mass is 16.5. The minimum atomic E-state index is -0.350. The molecule has 0 saturated carbocycles. The summed E-state index contributed by atoms with van der Waals surface area (Å²) in [6.07, 6.45) is 6.60. The predicted octanol–water partition coefficient (Wildman–Crippen LogP) is 8.86. The maximum atomic E-state index is 13.2. The van der Waals surface area contributed by atoms with E-state index >= 15 is 0 Å². The molecule has 344 valence electrons. The maximum Gasteiger partial charge on any atom is 0.302 e. The van der Waals surface area contributed by atoms with Crippen LogP contribution < -0.4 is 29.9 Å². The van der Waals surface area contributed by atoms with Crippen molar-refractivity contribution in [2.75, 3.05) is 55.2 Å². The van der Waals surface area contributed by atoms with Crippen molar-refractivity contribution in [3.63, 3.8) is 0 Å². The fraction of sp³-hybridized carbons (Fsp3) is 0.189. The third kappa shape index (κ3) is 11.3. The van der Waals surface area contributed by atoms with E-state index in [0.29, 0.717) is 86.0 Å². The van der Waals surface area contributed by atoms with Gasteiger partial charge in [0.25, 0.3) is 0 Å². The van der Waals surface area contributed by atoms with E-state index in [0.717, 1.165) is 28.2 Å². The van der Waals surface area contributed by atoms with Crippen LogP contribution in [0.15, 0.2) is 110 Å². The zero-order valence-electron chi connectivity index (χ0n) is 39.4. The van der Waals surface area contributed by atoms with Gasteiger partial charge < -0.3 is 29.9 Å². The number of ether oxygens (including phenoxy) is 2. The van der Waals surface area contributed by atoms with Crippen LogP contribution in [0.4, 0.5) is 34.4 Å². The Morgan fingerprint density at radius 2 is 1.30 bits per heavy atom. The molecule has 16 heteroatoms. The molecule has 0 bridgehead atoms. The van der Waals surface area contributed by atoms with Crippen molar-refractivity contribution in [1.29, 1.82) is 0 Å². The number of amides is 2. The minimum absolute atomic E-state index is 0.215. The lowest BCUT2D eigenvalue weighted by atomic mass is 10.1. The van der Waals surface area contributed by atoms with E-state index in [-0.39, 0.29) is 18.2 Å². The molecule has 4 heterocycles. The lowest BCUT2D eigenvalue weighted by molar-refractivity contribution is -0.113. The van der Waals surface area contributed by atoms with E-state index in [4.69, 9.17) is 19.4 Å². The van der Waals surface area contributed by atoms with Crippen molar-refractivity contribution in [2.24, 2.45) is 0 Å². The van der Waals surface area contributed by atoms with E-state index in [1.807, 2.05) is 125 Å². The molecule has 0 spiro atoms. The molecule has 0 saturated heterocycles. The molecule has 0 aliphatic carbocycles. The van der Waals surface area contributed by atoms with Crippen molar-refractivity contribution >= 4 is 68.0 Å². The van der Waals surface area contributed by atoms with Gasteiger partial charge in [-0.15, -0.1) is 0 Å². The number of fused-ring (bicyclic) bond motifs is 2. The van der Waals surface area contributed by atoms with Crippen molar-refractivity contribution < 1.29 is 19.1 Å². The van der Waals surface area contributed by atoms with Crippen LogP contribution in [0.1, 0.15) is 35.3 Å². The van der Waals surface area contributed by atoms with Gasteiger partial charge in [-0.05, 0) is 144 Å². The average molecular weight is 917 g/mol. The van der Waals surface area contributed by atoms with Crippen molar-refractivity contribution in [3.8, 4) is 46.8 Å². The molecular formula is C53H48N12O4. The van der Waals surface area contributed by atoms with E-state index in [1.54, 1.807) is 39.6 Å². The number of hydrogen-bond acceptors (Lipinski definition) is 14. The molecular weight excluding hydrogens is 869 g/mol. The molecule has 8 aromatic rings. The van der Waals surface area contributed by atoms with E-state index in [9.17, 15) is 9.59 Å². The molecule has 0 atom stereocenters. The average Bonchev–Trinajstić information content (AvgIpc) is 3.34. The molecule has 0 aliphatic rings. The number of carbonyl (C=O) groups excluding carboxylic acids is 2. The Hall–Kier alpha value is -8.99. The van der Waals surface area contributed by atoms with Gasteiger partial charge in [0, 0.05) is 65.3 Å². The van der Waals surface area contributed by atoms with Crippen LogP contribution in [0.25, 0.3) is 21.8 Å². The monoisotopic (exact) mass is 916 g/mol. The van der Waals surface area contributed by atoms with Crippen LogP contribution in [-0.4, -0.2) is 86.3 Å². The second kappa shape index (κ2) is 20.7. The highest BCUT2D eigenvalue weighted by Gasteiger charge is 2.18. The SMILES string of the molecule is CC#CC(=O)N(C)c1ccc2ncnc(Nc3ccc(Oc4cnc(C)cn4)c(Cc4nc(Nc5ccc(Oc6ccc(C)nc6)c(C)c5)c5cc(N(C)C(=O)C#CCN(C)C)ccc5n4)c3)c2c1. The molecule has 0 radical (unpaired) electrons. The number of aromatic nitrogens is 7. The van der Waals surface area contributed by atoms with Crippen LogP contribution in [0.2, 0.25) is 0 Å². The molecule has 0 fully saturated rings. The van der Waals surface area contributed by atoms with Gasteiger partial charge in [0.05, 0.1) is 41.9 Å². The fourth-order valence-electron chi connectivity index (χ4n) is 7.05. The third-order valence-electron chi connectivity index (χ3n) is 10.7. The topological polar surface area (TPSA) is 177 Å². The van der Waals surface area contributed by atoms with Crippen LogP contribution in [-0.2, 0) is 16.0 Å². The number of nitrogens with zero attached hydrogens (tertiary/aromatic N) is 10. The summed E-state index contributed by atoms with van der Waals surface area (Å²) in [5.41, 5.74) is 7.23. The number of aryl methyl sites for hydroxylation is 3. The second-order valence-corrected chi connectivity index (χ2v) is 16.3. The minimum Gasteiger partial charge on any atom is -0.455 e. The van der Waals surface area contributed by atoms with Gasteiger partial charge in [-0.3, -0.25) is 24.5 Å². The molecule has 69 heavy (non-hydrogen) atoms. The summed E-state index contributed by atoms with van der Waals surface area (Å²) in [5.74, 6) is 13.8. The van der Waals surface area contributed by atoms with E-state index < -0.39 is 0 Å². The van der Waals surface area contributed by atoms with Gasteiger partial charge in [-0.1, -0.05) is 11.8 Å². The fourth-order valence-corrected chi connectivity index (χ4v) is 7.05. The summed E-state index contributed by atoms with van der Waals surface area (Å²) in [4.78, 5) is 63.2. The van der Waals surface area contributed by atoms with E-state index in [1.165, 1.54) is 16.1 Å². The van der Waals surface area contributed by atoms with Gasteiger partial charge >= 0.3 is 11.8 Å². The third-order valence-corrected chi connectivity index (χ3v) is 10.7. The zero-order valence-corrected chi connectivity index (χ0v) is 39.4. The molecule has 0 aliphatic heterocycles. The van der Waals surface area contributed by atoms with Gasteiger partial charge in [-0.25, -0.2) is 24.9 Å². The van der Waals surface area contributed by atoms with Gasteiger partial charge in [0.1, 0.15) is 41.0 Å². The Balaban J connectivity index is 1.18. The van der Waals surface area contributed by atoms with Gasteiger partial charge in [0.2, 0.25) is 5.88 Å². The number of carbonyl (C=O) groups is 2. The first-order valence-corrected chi connectivity index (χ1v) is 21.8. The zero-order chi connectivity index (χ0) is 48.6. The lowest BCUT2D eigenvalue weighted by Crippen LogP contribution is -2.24. The molecule has 2 amide bonds. The largest absolute Gasteiger partial charge is 0.455 e. The first-order chi connectivity index (χ1) is 33.3. The smallest absolute Gasteiger partial charge is 0.302 e. The summed E-state index contributed by atoms with van der Waals surface area (Å²) in [6.45, 7) is 7.82. The first kappa shape index (κ1) is 46.5. The van der Waals surface area contributed by atoms with Crippen LogP contribution in [0.3, 0.4) is 0 Å². The Morgan fingerprint density at radius 1 is 0.623 bits per heavy atom. The van der Waals surface area contributed by atoms with Crippen molar-refractivity contribution in [2.45, 2.75) is 34.1 Å². The summed E-state index contributed by atoms with van der Waals surface area (Å²) in [7, 11) is 7.15.